The van der Waals surface area contributed by atoms with Crippen LogP contribution in [-0.4, -0.2) is 46.5 Å². The minimum Gasteiger partial charge on any atom is -0.341 e. The molecule has 0 saturated heterocycles. The highest BCUT2D eigenvalue weighted by molar-refractivity contribution is 6.35. The fourth-order valence-corrected chi connectivity index (χ4v) is 7.82. The lowest BCUT2D eigenvalue weighted by Crippen LogP contribution is -2.46. The van der Waals surface area contributed by atoms with Crippen LogP contribution >= 0.6 is 0 Å². The molecule has 0 N–H and O–H groups in total. The van der Waals surface area contributed by atoms with Crippen molar-refractivity contribution in [2.45, 2.75) is 162 Å². The van der Waals surface area contributed by atoms with Crippen LogP contribution in [0.3, 0.4) is 0 Å². The largest absolute Gasteiger partial charge is 0.416 e. The Labute approximate surface area is 347 Å². The van der Waals surface area contributed by atoms with Gasteiger partial charge in [-0.05, 0) is 61.2 Å². The van der Waals surface area contributed by atoms with Crippen molar-refractivity contribution >= 4 is 34.7 Å². The quantitative estimate of drug-likeness (QED) is 0.0782. The minimum atomic E-state index is -4.52. The molecule has 2 aromatic carbocycles. The third-order valence-corrected chi connectivity index (χ3v) is 11.2. The van der Waals surface area contributed by atoms with E-state index < -0.39 is 23.5 Å². The van der Waals surface area contributed by atoms with Crippen LogP contribution < -0.4 is 0 Å². The molecule has 0 spiro atoms. The molecule has 6 nitrogen and oxygen atoms in total. The maximum absolute atomic E-state index is 13.7. The molecule has 322 valence electrons. The summed E-state index contributed by atoms with van der Waals surface area (Å²) in [5.41, 5.74) is 0.301. The number of hydrogen-bond donors (Lipinski definition) is 0. The lowest BCUT2D eigenvalue weighted by molar-refractivity contribution is -0.138. The zero-order valence-corrected chi connectivity index (χ0v) is 35.2. The lowest BCUT2D eigenvalue weighted by atomic mass is 9.92. The van der Waals surface area contributed by atoms with Gasteiger partial charge in [0.15, 0.2) is 11.7 Å². The standard InChI is InChI=1S/C47H62F6N6/c1-4-6-8-10-12-14-16-18-20-22-32-58(33-23-21-19-17-15-13-11-9-7-5-2)44-56-43-41(37-26-30-39(31-27-37)47(51,52)53)34-40(36-24-28-38(29-25-36)46(48,49)50)42-54-35(3)55-45(57-44)59(42)43/h24-31,34H,4-23,32-33H2,1-3H3. The first-order valence-corrected chi connectivity index (χ1v) is 22.1. The van der Waals surface area contributed by atoms with Gasteiger partial charge in [-0.2, -0.15) is 41.3 Å². The summed E-state index contributed by atoms with van der Waals surface area (Å²) in [6, 6.07) is 9.64. The first kappa shape index (κ1) is 45.9. The fourth-order valence-electron chi connectivity index (χ4n) is 7.82. The Kier molecular flexibility index (Phi) is 17.4. The van der Waals surface area contributed by atoms with Gasteiger partial charge in [-0.15, -0.1) is 0 Å². The number of allylic oxidation sites excluding steroid dienone is 2. The highest BCUT2D eigenvalue weighted by Gasteiger charge is 2.39. The second-order valence-electron chi connectivity index (χ2n) is 16.0. The van der Waals surface area contributed by atoms with Crippen LogP contribution in [0.25, 0.3) is 11.1 Å². The van der Waals surface area contributed by atoms with Crippen LogP contribution in [0, 0.1) is 0 Å². The van der Waals surface area contributed by atoms with Crippen LogP contribution in [0.5, 0.6) is 0 Å². The third-order valence-electron chi connectivity index (χ3n) is 11.2. The van der Waals surface area contributed by atoms with E-state index in [4.69, 9.17) is 20.0 Å². The van der Waals surface area contributed by atoms with Crippen molar-refractivity contribution in [3.8, 4) is 0 Å². The van der Waals surface area contributed by atoms with Crippen molar-refractivity contribution in [2.24, 2.45) is 20.0 Å². The van der Waals surface area contributed by atoms with Crippen LogP contribution in [0.15, 0.2) is 80.4 Å². The summed E-state index contributed by atoms with van der Waals surface area (Å²) in [4.78, 5) is 23.5. The molecule has 0 saturated carbocycles. The van der Waals surface area contributed by atoms with Gasteiger partial charge in [0.05, 0.1) is 11.1 Å². The Morgan fingerprint density at radius 3 is 1.37 bits per heavy atom. The molecule has 0 atom stereocenters. The maximum Gasteiger partial charge on any atom is 0.416 e. The Balaban J connectivity index is 1.44. The lowest BCUT2D eigenvalue weighted by Gasteiger charge is -2.37. The van der Waals surface area contributed by atoms with Gasteiger partial charge in [0, 0.05) is 24.2 Å². The summed E-state index contributed by atoms with van der Waals surface area (Å²) < 4.78 is 81.6. The number of amidine groups is 2. The van der Waals surface area contributed by atoms with Crippen LogP contribution in [0.4, 0.5) is 26.3 Å². The molecule has 0 aromatic heterocycles. The van der Waals surface area contributed by atoms with E-state index in [1.807, 2.05) is 0 Å². The van der Waals surface area contributed by atoms with Gasteiger partial charge in [0.2, 0.25) is 11.9 Å². The smallest absolute Gasteiger partial charge is 0.341 e. The summed E-state index contributed by atoms with van der Waals surface area (Å²) in [6.45, 7) is 7.72. The number of aliphatic imine (C=N–C) groups is 4. The van der Waals surface area contributed by atoms with Gasteiger partial charge in [-0.3, -0.25) is 0 Å². The number of nitrogens with zero attached hydrogens (tertiary/aromatic N) is 6. The molecule has 0 unspecified atom stereocenters. The van der Waals surface area contributed by atoms with E-state index >= 15 is 0 Å². The number of guanidine groups is 2. The van der Waals surface area contributed by atoms with E-state index in [-0.39, 0.29) is 0 Å². The van der Waals surface area contributed by atoms with Gasteiger partial charge in [-0.25, -0.2) is 9.89 Å². The second-order valence-corrected chi connectivity index (χ2v) is 16.0. The van der Waals surface area contributed by atoms with E-state index in [0.717, 1.165) is 63.0 Å². The highest BCUT2D eigenvalue weighted by Crippen LogP contribution is 2.40. The monoisotopic (exact) mass is 824 g/mol. The van der Waals surface area contributed by atoms with E-state index in [9.17, 15) is 26.3 Å². The van der Waals surface area contributed by atoms with Crippen molar-refractivity contribution in [1.29, 1.82) is 0 Å². The molecular weight excluding hydrogens is 763 g/mol. The third kappa shape index (κ3) is 13.4. The summed E-state index contributed by atoms with van der Waals surface area (Å²) in [5.74, 6) is 2.02. The number of benzene rings is 2. The van der Waals surface area contributed by atoms with Crippen LogP contribution in [-0.2, 0) is 12.4 Å². The summed E-state index contributed by atoms with van der Waals surface area (Å²) in [7, 11) is 0. The first-order chi connectivity index (χ1) is 28.4. The first-order valence-electron chi connectivity index (χ1n) is 22.1. The molecule has 59 heavy (non-hydrogen) atoms. The molecule has 12 heteroatoms. The van der Waals surface area contributed by atoms with Gasteiger partial charge >= 0.3 is 12.4 Å². The average Bonchev–Trinajstić information content (AvgIpc) is 3.20. The summed E-state index contributed by atoms with van der Waals surface area (Å²) in [5, 5.41) is 0. The van der Waals surface area contributed by atoms with Crippen molar-refractivity contribution in [3.63, 3.8) is 0 Å². The van der Waals surface area contributed by atoms with E-state index in [0.29, 0.717) is 51.7 Å². The molecule has 3 aliphatic heterocycles. The van der Waals surface area contributed by atoms with Gasteiger partial charge in [0.1, 0.15) is 5.84 Å². The molecule has 0 radical (unpaired) electrons. The number of halogens is 6. The SMILES string of the molecule is CCCCCCCCCCCCN(CCCCCCCCCCCC)C1=NC2=C(c3ccc(C(F)(F)F)cc3)C=C(c3ccc(C(F)(F)F)cc3)C3=NC(C)=NC(=N1)N32. The highest BCUT2D eigenvalue weighted by atomic mass is 19.4. The predicted octanol–water partition coefficient (Wildman–Crippen LogP) is 14.5. The zero-order valence-electron chi connectivity index (χ0n) is 35.2. The van der Waals surface area contributed by atoms with E-state index in [2.05, 4.69) is 18.7 Å². The van der Waals surface area contributed by atoms with Crippen molar-refractivity contribution in [2.75, 3.05) is 13.1 Å². The van der Waals surface area contributed by atoms with Crippen molar-refractivity contribution < 1.29 is 26.3 Å². The number of unbranched alkanes of at least 4 members (excludes halogenated alkanes) is 18. The van der Waals surface area contributed by atoms with E-state index in [1.54, 1.807) is 17.9 Å². The molecular formula is C47H62F6N6. The molecule has 0 fully saturated rings. The molecule has 2 aromatic rings. The molecule has 0 amide bonds. The fraction of sp³-hybridized carbons (Fsp3) is 0.574. The molecule has 5 rings (SSSR count). The number of hydrogen-bond acceptors (Lipinski definition) is 6. The number of rotatable bonds is 24. The minimum absolute atomic E-state index is 0.311. The molecule has 3 heterocycles. The molecule has 3 aliphatic rings. The normalized spacial score (nSPS) is 15.4. The predicted molar refractivity (Wildman–Crippen MR) is 230 cm³/mol. The van der Waals surface area contributed by atoms with Gasteiger partial charge in [-0.1, -0.05) is 154 Å². The van der Waals surface area contributed by atoms with Gasteiger partial charge < -0.3 is 4.90 Å². The average molecular weight is 825 g/mol. The summed E-state index contributed by atoms with van der Waals surface area (Å²) in [6.07, 6.45) is 17.0. The Bertz CT molecular complexity index is 1810. The Hall–Kier alpha value is -4.22. The molecule has 0 aliphatic carbocycles. The topological polar surface area (TPSA) is 55.9 Å². The Morgan fingerprint density at radius 1 is 0.508 bits per heavy atom. The Morgan fingerprint density at radius 2 is 0.932 bits per heavy atom. The van der Waals surface area contributed by atoms with Gasteiger partial charge in [0.25, 0.3) is 0 Å². The number of alkyl halides is 6. The molecule has 0 bridgehead atoms. The van der Waals surface area contributed by atoms with Crippen LogP contribution in [0.1, 0.15) is 171 Å². The van der Waals surface area contributed by atoms with Crippen LogP contribution in [0.2, 0.25) is 0 Å². The maximum atomic E-state index is 13.7. The van der Waals surface area contributed by atoms with Crippen molar-refractivity contribution in [1.82, 2.24) is 9.80 Å². The van der Waals surface area contributed by atoms with E-state index in [1.165, 1.54) is 127 Å². The second kappa shape index (κ2) is 22.4. The summed E-state index contributed by atoms with van der Waals surface area (Å²) >= 11 is 0. The zero-order chi connectivity index (χ0) is 42.3. The van der Waals surface area contributed by atoms with Crippen molar-refractivity contribution in [3.05, 3.63) is 82.7 Å².